The second kappa shape index (κ2) is 9.33. The smallest absolute Gasteiger partial charge is 0.151 e. The molecule has 3 aromatic carbocycles. The maximum atomic E-state index is 5.74. The Labute approximate surface area is 173 Å². The van der Waals surface area contributed by atoms with E-state index in [4.69, 9.17) is 24.4 Å². The molecule has 5 heteroatoms. The summed E-state index contributed by atoms with van der Waals surface area (Å²) in [4.78, 5) is 3.18. The number of nitrogens with zero attached hydrogens (tertiary/aromatic N) is 1. The van der Waals surface area contributed by atoms with E-state index in [1.165, 1.54) is 17.3 Å². The number of aryl methyl sites for hydroxylation is 1. The van der Waals surface area contributed by atoms with E-state index in [0.717, 1.165) is 19.8 Å². The number of rotatable bonds is 3. The Kier molecular flexibility index (Phi) is 6.86. The topological polar surface area (TPSA) is 3.24 Å². The summed E-state index contributed by atoms with van der Waals surface area (Å²) in [6.07, 6.45) is 0. The molecule has 0 saturated carbocycles. The van der Waals surface area contributed by atoms with Gasteiger partial charge in [0.2, 0.25) is 0 Å². The van der Waals surface area contributed by atoms with Crippen LogP contribution in [0.3, 0.4) is 0 Å². The SMILES string of the molecule is Cc1ccc(SC(=S)SC(=S)N(c2ccccc2)c2ccccc2)cc1. The molecule has 0 radical (unpaired) electrons. The largest absolute Gasteiger partial charge is 0.296 e. The third-order valence-electron chi connectivity index (χ3n) is 3.60. The van der Waals surface area contributed by atoms with Crippen LogP contribution in [0.5, 0.6) is 0 Å². The molecule has 3 rings (SSSR count). The average Bonchev–Trinajstić information content (AvgIpc) is 2.65. The van der Waals surface area contributed by atoms with E-state index in [2.05, 4.69) is 60.4 Å². The van der Waals surface area contributed by atoms with Gasteiger partial charge in [-0.15, -0.1) is 0 Å². The Morgan fingerprint density at radius 1 is 0.731 bits per heavy atom. The normalized spacial score (nSPS) is 10.3. The highest BCUT2D eigenvalue weighted by Gasteiger charge is 2.17. The Morgan fingerprint density at radius 2 is 1.23 bits per heavy atom. The zero-order valence-corrected chi connectivity index (χ0v) is 17.4. The van der Waals surface area contributed by atoms with E-state index >= 15 is 0 Å². The molecule has 130 valence electrons. The third-order valence-corrected chi connectivity index (χ3v) is 6.24. The first kappa shape index (κ1) is 19.1. The number of thioether (sulfide) groups is 2. The van der Waals surface area contributed by atoms with E-state index in [0.29, 0.717) is 4.32 Å². The summed E-state index contributed by atoms with van der Waals surface area (Å²) >= 11 is 14.3. The van der Waals surface area contributed by atoms with Gasteiger partial charge in [-0.3, -0.25) is 4.90 Å². The quantitative estimate of drug-likeness (QED) is 0.329. The molecule has 1 nitrogen and oxygen atoms in total. The Bertz CT molecular complexity index is 837. The lowest BCUT2D eigenvalue weighted by molar-refractivity contribution is 1.38. The second-order valence-corrected chi connectivity index (χ2v) is 9.45. The molecule has 3 aromatic rings. The number of hydrogen-bond donors (Lipinski definition) is 0. The summed E-state index contributed by atoms with van der Waals surface area (Å²) < 4.78 is 1.50. The lowest BCUT2D eigenvalue weighted by Gasteiger charge is -2.25. The summed E-state index contributed by atoms with van der Waals surface area (Å²) in [5, 5.41) is 0. The summed E-state index contributed by atoms with van der Waals surface area (Å²) in [5.41, 5.74) is 3.29. The highest BCUT2D eigenvalue weighted by molar-refractivity contribution is 8.54. The van der Waals surface area contributed by atoms with Crippen molar-refractivity contribution in [2.75, 3.05) is 4.90 Å². The third kappa shape index (κ3) is 5.17. The van der Waals surface area contributed by atoms with Crippen molar-refractivity contribution < 1.29 is 0 Å². The van der Waals surface area contributed by atoms with Crippen LogP contribution in [0.2, 0.25) is 0 Å². The summed E-state index contributed by atoms with van der Waals surface area (Å²) in [5.74, 6) is 0. The predicted octanol–water partition coefficient (Wildman–Crippen LogP) is 7.23. The maximum absolute atomic E-state index is 5.74. The van der Waals surface area contributed by atoms with Crippen LogP contribution in [-0.4, -0.2) is 7.85 Å². The van der Waals surface area contributed by atoms with Gasteiger partial charge in [-0.05, 0) is 55.1 Å². The molecule has 26 heavy (non-hydrogen) atoms. The molecule has 0 atom stereocenters. The van der Waals surface area contributed by atoms with Crippen molar-refractivity contribution in [2.45, 2.75) is 11.8 Å². The minimum absolute atomic E-state index is 0.715. The van der Waals surface area contributed by atoms with Crippen LogP contribution in [0.1, 0.15) is 5.56 Å². The summed E-state index contributed by atoms with van der Waals surface area (Å²) in [6, 6.07) is 28.6. The summed E-state index contributed by atoms with van der Waals surface area (Å²) in [7, 11) is 0. The number of anilines is 2. The second-order valence-electron chi connectivity index (χ2n) is 5.54. The van der Waals surface area contributed by atoms with Crippen LogP contribution in [-0.2, 0) is 0 Å². The highest BCUT2D eigenvalue weighted by atomic mass is 32.2. The van der Waals surface area contributed by atoms with Gasteiger partial charge in [0, 0.05) is 16.3 Å². The first-order chi connectivity index (χ1) is 12.6. The lowest BCUT2D eigenvalue weighted by Crippen LogP contribution is -2.21. The number of para-hydroxylation sites is 2. The molecule has 0 aromatic heterocycles. The highest BCUT2D eigenvalue weighted by Crippen LogP contribution is 2.33. The van der Waals surface area contributed by atoms with E-state index in [1.807, 2.05) is 36.4 Å². The van der Waals surface area contributed by atoms with Crippen LogP contribution >= 0.6 is 48.0 Å². The molecule has 0 fully saturated rings. The van der Waals surface area contributed by atoms with Gasteiger partial charge in [0.15, 0.2) is 4.32 Å². The molecule has 0 N–H and O–H groups in total. The minimum atomic E-state index is 0.715. The number of thiocarbonyl (C=S) groups is 2. The standard InChI is InChI=1S/C21H17NS4/c1-16-12-14-19(15-13-16)25-21(24)26-20(23)22(17-8-4-2-5-9-17)18-10-6-3-7-11-18/h2-15H,1H3. The molecule has 0 aliphatic heterocycles. The van der Waals surface area contributed by atoms with Gasteiger partial charge < -0.3 is 0 Å². The maximum Gasteiger partial charge on any atom is 0.151 e. The minimum Gasteiger partial charge on any atom is -0.296 e. The van der Waals surface area contributed by atoms with Crippen LogP contribution < -0.4 is 4.90 Å². The van der Waals surface area contributed by atoms with Crippen molar-refractivity contribution in [2.24, 2.45) is 0 Å². The van der Waals surface area contributed by atoms with Crippen molar-refractivity contribution in [3.05, 3.63) is 90.5 Å². The van der Waals surface area contributed by atoms with Gasteiger partial charge in [-0.2, -0.15) is 0 Å². The van der Waals surface area contributed by atoms with Gasteiger partial charge in [0.05, 0.1) is 0 Å². The molecule has 0 aliphatic rings. The van der Waals surface area contributed by atoms with Gasteiger partial charge in [-0.1, -0.05) is 90.3 Å². The van der Waals surface area contributed by atoms with E-state index < -0.39 is 0 Å². The van der Waals surface area contributed by atoms with Gasteiger partial charge in [-0.25, -0.2) is 0 Å². The molecular weight excluding hydrogens is 395 g/mol. The van der Waals surface area contributed by atoms with E-state index in [1.54, 1.807) is 11.8 Å². The molecule has 0 heterocycles. The fourth-order valence-electron chi connectivity index (χ4n) is 2.35. The zero-order valence-electron chi connectivity index (χ0n) is 14.2. The van der Waals surface area contributed by atoms with Crippen molar-refractivity contribution in [3.63, 3.8) is 0 Å². The fraction of sp³-hybridized carbons (Fsp3) is 0.0476. The Morgan fingerprint density at radius 3 is 1.73 bits per heavy atom. The fourth-order valence-corrected chi connectivity index (χ4v) is 5.26. The molecule has 0 saturated heterocycles. The van der Waals surface area contributed by atoms with Crippen LogP contribution in [0, 0.1) is 6.92 Å². The Hall–Kier alpha value is -1.66. The first-order valence-electron chi connectivity index (χ1n) is 8.04. The van der Waals surface area contributed by atoms with Crippen molar-refractivity contribution in [1.29, 1.82) is 0 Å². The molecule has 0 aliphatic carbocycles. The summed E-state index contributed by atoms with van der Waals surface area (Å²) in [6.45, 7) is 2.08. The van der Waals surface area contributed by atoms with Crippen LogP contribution in [0.25, 0.3) is 0 Å². The average molecular weight is 412 g/mol. The van der Waals surface area contributed by atoms with E-state index in [9.17, 15) is 0 Å². The lowest BCUT2D eigenvalue weighted by atomic mass is 10.2. The van der Waals surface area contributed by atoms with Crippen molar-refractivity contribution in [3.8, 4) is 0 Å². The van der Waals surface area contributed by atoms with Gasteiger partial charge in [0.25, 0.3) is 0 Å². The van der Waals surface area contributed by atoms with Crippen molar-refractivity contribution >= 4 is 67.2 Å². The number of benzene rings is 3. The zero-order chi connectivity index (χ0) is 18.4. The van der Waals surface area contributed by atoms with Crippen molar-refractivity contribution in [1.82, 2.24) is 0 Å². The van der Waals surface area contributed by atoms with Crippen LogP contribution in [0.15, 0.2) is 89.8 Å². The van der Waals surface area contributed by atoms with Gasteiger partial charge in [0.1, 0.15) is 3.53 Å². The molecule has 0 amide bonds. The molecule has 0 bridgehead atoms. The van der Waals surface area contributed by atoms with Crippen LogP contribution in [0.4, 0.5) is 11.4 Å². The van der Waals surface area contributed by atoms with Gasteiger partial charge >= 0.3 is 0 Å². The predicted molar refractivity (Wildman–Crippen MR) is 125 cm³/mol. The Balaban J connectivity index is 1.77. The molecule has 0 spiro atoms. The first-order valence-corrected chi connectivity index (χ1v) is 10.5. The molecular formula is C21H17NS4. The monoisotopic (exact) mass is 411 g/mol. The van der Waals surface area contributed by atoms with E-state index in [-0.39, 0.29) is 0 Å². The molecule has 0 unspecified atom stereocenters. The number of hydrogen-bond acceptors (Lipinski definition) is 4.